The zero-order chi connectivity index (χ0) is 14.5. The van der Waals surface area contributed by atoms with Crippen molar-refractivity contribution in [3.8, 4) is 0 Å². The maximum Gasteiger partial charge on any atom is 0.360 e. The summed E-state index contributed by atoms with van der Waals surface area (Å²) in [4.78, 5) is 19.8. The monoisotopic (exact) mass is 277 g/mol. The molecule has 0 amide bonds. The van der Waals surface area contributed by atoms with Gasteiger partial charge >= 0.3 is 5.97 Å². The molecule has 0 atom stereocenters. The number of carbonyl (C=O) groups is 1. The number of hydrogen-bond acceptors (Lipinski definition) is 5. The van der Waals surface area contributed by atoms with Crippen molar-refractivity contribution in [2.24, 2.45) is 0 Å². The summed E-state index contributed by atoms with van der Waals surface area (Å²) >= 11 is 0. The van der Waals surface area contributed by atoms with Gasteiger partial charge < -0.3 is 19.6 Å². The number of imidazole rings is 2. The van der Waals surface area contributed by atoms with Crippen molar-refractivity contribution in [2.45, 2.75) is 32.9 Å². The zero-order valence-corrected chi connectivity index (χ0v) is 11.7. The van der Waals surface area contributed by atoms with E-state index in [-0.39, 0.29) is 5.69 Å². The van der Waals surface area contributed by atoms with Crippen LogP contribution >= 0.6 is 0 Å². The van der Waals surface area contributed by atoms with E-state index in [1.165, 1.54) is 7.11 Å². The number of aryl methyl sites for hydroxylation is 2. The predicted octanol–water partition coefficient (Wildman–Crippen LogP) is 1.10. The second-order valence-corrected chi connectivity index (χ2v) is 4.41. The minimum Gasteiger partial charge on any atom is -0.464 e. The summed E-state index contributed by atoms with van der Waals surface area (Å²) in [5.41, 5.74) is 6.20. The van der Waals surface area contributed by atoms with E-state index < -0.39 is 5.97 Å². The third-order valence-corrected chi connectivity index (χ3v) is 3.14. The molecule has 20 heavy (non-hydrogen) atoms. The van der Waals surface area contributed by atoms with Crippen molar-refractivity contribution in [3.63, 3.8) is 0 Å². The number of rotatable bonds is 6. The van der Waals surface area contributed by atoms with Gasteiger partial charge in [0.25, 0.3) is 0 Å². The Bertz CT molecular complexity index is 574. The first kappa shape index (κ1) is 14.1. The topological polar surface area (TPSA) is 88.0 Å². The highest BCUT2D eigenvalue weighted by Crippen LogP contribution is 2.17. The van der Waals surface area contributed by atoms with E-state index in [9.17, 15) is 4.79 Å². The molecule has 0 fully saturated rings. The number of ether oxygens (including phenoxy) is 1. The summed E-state index contributed by atoms with van der Waals surface area (Å²) in [6.07, 6.45) is 7.03. The SMILES string of the molecule is CCc1nc(C(=O)OC)c(N)n1CCCn1ccnc1. The van der Waals surface area contributed by atoms with Gasteiger partial charge in [0.05, 0.1) is 13.4 Å². The van der Waals surface area contributed by atoms with Gasteiger partial charge in [-0.1, -0.05) is 6.92 Å². The summed E-state index contributed by atoms with van der Waals surface area (Å²) in [6, 6.07) is 0. The molecule has 0 saturated heterocycles. The van der Waals surface area contributed by atoms with Gasteiger partial charge in [-0.3, -0.25) is 0 Å². The number of esters is 1. The largest absolute Gasteiger partial charge is 0.464 e. The maximum absolute atomic E-state index is 11.6. The lowest BCUT2D eigenvalue weighted by Gasteiger charge is -2.09. The minimum atomic E-state index is -0.495. The van der Waals surface area contributed by atoms with Gasteiger partial charge in [-0.2, -0.15) is 0 Å². The third-order valence-electron chi connectivity index (χ3n) is 3.14. The van der Waals surface area contributed by atoms with E-state index in [0.29, 0.717) is 18.8 Å². The van der Waals surface area contributed by atoms with Gasteiger partial charge in [0.1, 0.15) is 11.6 Å². The van der Waals surface area contributed by atoms with Gasteiger partial charge in [-0.05, 0) is 6.42 Å². The molecule has 0 aromatic carbocycles. The third kappa shape index (κ3) is 2.81. The molecule has 0 aliphatic carbocycles. The molecule has 7 heteroatoms. The van der Waals surface area contributed by atoms with Crippen molar-refractivity contribution in [1.82, 2.24) is 19.1 Å². The molecule has 2 aromatic rings. The van der Waals surface area contributed by atoms with Crippen LogP contribution in [0.3, 0.4) is 0 Å². The lowest BCUT2D eigenvalue weighted by molar-refractivity contribution is 0.0595. The van der Waals surface area contributed by atoms with Crippen molar-refractivity contribution in [3.05, 3.63) is 30.2 Å². The van der Waals surface area contributed by atoms with Crippen molar-refractivity contribution >= 4 is 11.8 Å². The smallest absolute Gasteiger partial charge is 0.360 e. The quantitative estimate of drug-likeness (QED) is 0.799. The fourth-order valence-electron chi connectivity index (χ4n) is 2.11. The summed E-state index contributed by atoms with van der Waals surface area (Å²) in [5, 5.41) is 0. The van der Waals surface area contributed by atoms with Crippen LogP contribution in [0, 0.1) is 0 Å². The Labute approximate surface area is 117 Å². The molecule has 2 rings (SSSR count). The summed E-state index contributed by atoms with van der Waals surface area (Å²) in [6.45, 7) is 3.53. The number of aromatic nitrogens is 4. The van der Waals surface area contributed by atoms with Crippen molar-refractivity contribution in [1.29, 1.82) is 0 Å². The number of anilines is 1. The molecule has 2 heterocycles. The molecular weight excluding hydrogens is 258 g/mol. The molecule has 0 radical (unpaired) electrons. The number of nitrogens with zero attached hydrogens (tertiary/aromatic N) is 4. The van der Waals surface area contributed by atoms with E-state index in [2.05, 4.69) is 14.7 Å². The van der Waals surface area contributed by atoms with Crippen LogP contribution in [0.1, 0.15) is 29.7 Å². The van der Waals surface area contributed by atoms with E-state index in [0.717, 1.165) is 18.8 Å². The minimum absolute atomic E-state index is 0.201. The molecule has 7 nitrogen and oxygen atoms in total. The Morgan fingerprint density at radius 2 is 2.25 bits per heavy atom. The first-order valence-corrected chi connectivity index (χ1v) is 6.56. The van der Waals surface area contributed by atoms with Gasteiger partial charge in [-0.25, -0.2) is 14.8 Å². The van der Waals surface area contributed by atoms with Crippen LogP contribution in [-0.2, 0) is 24.2 Å². The Kier molecular flexibility index (Phi) is 4.39. The highest BCUT2D eigenvalue weighted by molar-refractivity contribution is 5.92. The number of hydrogen-bond donors (Lipinski definition) is 1. The second-order valence-electron chi connectivity index (χ2n) is 4.41. The number of nitrogens with two attached hydrogens (primary N) is 1. The Morgan fingerprint density at radius 1 is 1.45 bits per heavy atom. The van der Waals surface area contributed by atoms with Crippen molar-refractivity contribution < 1.29 is 9.53 Å². The number of methoxy groups -OCH3 is 1. The van der Waals surface area contributed by atoms with Crippen LogP contribution in [0.5, 0.6) is 0 Å². The Morgan fingerprint density at radius 3 is 2.85 bits per heavy atom. The highest BCUT2D eigenvalue weighted by Gasteiger charge is 2.19. The molecular formula is C13H19N5O2. The molecule has 0 unspecified atom stereocenters. The molecule has 0 spiro atoms. The lowest BCUT2D eigenvalue weighted by Crippen LogP contribution is -2.10. The fourth-order valence-corrected chi connectivity index (χ4v) is 2.11. The van der Waals surface area contributed by atoms with Gasteiger partial charge in [0.15, 0.2) is 5.69 Å². The highest BCUT2D eigenvalue weighted by atomic mass is 16.5. The average Bonchev–Trinajstić information content (AvgIpc) is 3.07. The van der Waals surface area contributed by atoms with E-state index in [4.69, 9.17) is 5.73 Å². The zero-order valence-electron chi connectivity index (χ0n) is 11.7. The normalized spacial score (nSPS) is 10.7. The van der Waals surface area contributed by atoms with Crippen LogP contribution in [0.4, 0.5) is 5.82 Å². The molecule has 0 saturated carbocycles. The van der Waals surface area contributed by atoms with Crippen LogP contribution < -0.4 is 5.73 Å². The molecule has 2 N–H and O–H groups in total. The van der Waals surface area contributed by atoms with Crippen LogP contribution in [0.25, 0.3) is 0 Å². The van der Waals surface area contributed by atoms with E-state index in [1.54, 1.807) is 12.5 Å². The molecule has 0 aliphatic heterocycles. The summed E-state index contributed by atoms with van der Waals surface area (Å²) < 4.78 is 8.56. The first-order chi connectivity index (χ1) is 9.67. The first-order valence-electron chi connectivity index (χ1n) is 6.56. The molecule has 2 aromatic heterocycles. The predicted molar refractivity (Wildman–Crippen MR) is 74.2 cm³/mol. The summed E-state index contributed by atoms with van der Waals surface area (Å²) in [7, 11) is 1.32. The van der Waals surface area contributed by atoms with Gasteiger partial charge in [0, 0.05) is 31.9 Å². The van der Waals surface area contributed by atoms with E-state index >= 15 is 0 Å². The van der Waals surface area contributed by atoms with Gasteiger partial charge in [0.2, 0.25) is 0 Å². The maximum atomic E-state index is 11.6. The number of carbonyl (C=O) groups excluding carboxylic acids is 1. The van der Waals surface area contributed by atoms with Crippen LogP contribution in [-0.4, -0.2) is 32.2 Å². The summed E-state index contributed by atoms with van der Waals surface area (Å²) in [5.74, 6) is 0.679. The molecule has 0 bridgehead atoms. The average molecular weight is 277 g/mol. The van der Waals surface area contributed by atoms with Crippen LogP contribution in [0.15, 0.2) is 18.7 Å². The van der Waals surface area contributed by atoms with E-state index in [1.807, 2.05) is 22.3 Å². The second kappa shape index (κ2) is 6.23. The van der Waals surface area contributed by atoms with Crippen molar-refractivity contribution in [2.75, 3.05) is 12.8 Å². The van der Waals surface area contributed by atoms with Gasteiger partial charge in [-0.15, -0.1) is 0 Å². The standard InChI is InChI=1S/C13H19N5O2/c1-3-10-16-11(13(19)20-2)12(14)18(10)7-4-6-17-8-5-15-9-17/h5,8-9H,3-4,6-7,14H2,1-2H3. The van der Waals surface area contributed by atoms with Crippen LogP contribution in [0.2, 0.25) is 0 Å². The Balaban J connectivity index is 2.09. The lowest BCUT2D eigenvalue weighted by atomic mass is 10.3. The molecule has 0 aliphatic rings. The Hall–Kier alpha value is -2.31. The fraction of sp³-hybridized carbons (Fsp3) is 0.462. The molecule has 108 valence electrons. The number of nitrogen functional groups attached to an aromatic ring is 1.